The van der Waals surface area contributed by atoms with E-state index in [0.717, 1.165) is 12.2 Å². The van der Waals surface area contributed by atoms with Crippen LogP contribution in [0.3, 0.4) is 0 Å². The fourth-order valence-electron chi connectivity index (χ4n) is 1.61. The molecule has 0 spiro atoms. The molecule has 16 heavy (non-hydrogen) atoms. The van der Waals surface area contributed by atoms with E-state index in [1.54, 1.807) is 20.3 Å². The van der Waals surface area contributed by atoms with Gasteiger partial charge in [-0.05, 0) is 17.7 Å². The van der Waals surface area contributed by atoms with Crippen molar-refractivity contribution < 1.29 is 19.3 Å². The molecule has 1 heterocycles. The highest BCUT2D eigenvalue weighted by atomic mass is 16.6. The van der Waals surface area contributed by atoms with Gasteiger partial charge >= 0.3 is 0 Å². The van der Waals surface area contributed by atoms with Gasteiger partial charge in [0.05, 0.1) is 33.0 Å². The van der Waals surface area contributed by atoms with Crippen LogP contribution in [0.25, 0.3) is 0 Å². The van der Waals surface area contributed by atoms with Gasteiger partial charge in [0.15, 0.2) is 0 Å². The second-order valence-electron chi connectivity index (χ2n) is 3.85. The highest BCUT2D eigenvalue weighted by Gasteiger charge is 2.26. The Morgan fingerprint density at radius 3 is 2.31 bits per heavy atom. The van der Waals surface area contributed by atoms with E-state index in [9.17, 15) is 5.11 Å². The van der Waals surface area contributed by atoms with Gasteiger partial charge < -0.3 is 19.3 Å². The molecule has 0 bridgehead atoms. The molecule has 2 atom stereocenters. The first kappa shape index (κ1) is 11.2. The zero-order chi connectivity index (χ0) is 11.5. The van der Waals surface area contributed by atoms with E-state index in [0.29, 0.717) is 17.9 Å². The zero-order valence-electron chi connectivity index (χ0n) is 9.47. The van der Waals surface area contributed by atoms with Crippen LogP contribution in [-0.4, -0.2) is 32.0 Å². The summed E-state index contributed by atoms with van der Waals surface area (Å²) >= 11 is 0. The maximum atomic E-state index is 9.98. The van der Waals surface area contributed by atoms with Crippen molar-refractivity contribution >= 4 is 0 Å². The fraction of sp³-hybridized carbons (Fsp3) is 0.500. The molecule has 0 saturated carbocycles. The Labute approximate surface area is 94.8 Å². The van der Waals surface area contributed by atoms with Crippen molar-refractivity contribution in [2.24, 2.45) is 0 Å². The number of hydrogen-bond donors (Lipinski definition) is 1. The minimum Gasteiger partial charge on any atom is -0.497 e. The molecule has 0 aromatic heterocycles. The van der Waals surface area contributed by atoms with Gasteiger partial charge in [-0.3, -0.25) is 0 Å². The third-order valence-electron chi connectivity index (χ3n) is 2.65. The molecule has 1 aromatic carbocycles. The predicted molar refractivity (Wildman–Crippen MR) is 58.9 cm³/mol. The summed E-state index contributed by atoms with van der Waals surface area (Å²) in [4.78, 5) is 0. The van der Waals surface area contributed by atoms with Crippen LogP contribution in [0.4, 0.5) is 0 Å². The molecule has 4 nitrogen and oxygen atoms in total. The van der Waals surface area contributed by atoms with Crippen LogP contribution in [-0.2, 0) is 4.74 Å². The molecule has 0 amide bonds. The van der Waals surface area contributed by atoms with Crippen LogP contribution in [0, 0.1) is 0 Å². The van der Waals surface area contributed by atoms with E-state index >= 15 is 0 Å². The van der Waals surface area contributed by atoms with E-state index in [-0.39, 0.29) is 6.10 Å². The van der Waals surface area contributed by atoms with Gasteiger partial charge in [0.1, 0.15) is 11.5 Å². The summed E-state index contributed by atoms with van der Waals surface area (Å²) in [6.45, 7) is 0.748. The first-order chi connectivity index (χ1) is 7.72. The molecular formula is C12H16O4. The first-order valence-electron chi connectivity index (χ1n) is 5.25. The molecule has 88 valence electrons. The zero-order valence-corrected chi connectivity index (χ0v) is 9.47. The summed E-state index contributed by atoms with van der Waals surface area (Å²) in [5.74, 6) is 1.37. The number of aliphatic hydroxyl groups is 1. The van der Waals surface area contributed by atoms with Gasteiger partial charge in [-0.2, -0.15) is 0 Å². The molecule has 2 unspecified atom stereocenters. The number of aliphatic hydroxyl groups excluding tert-OH is 1. The second kappa shape index (κ2) is 4.72. The highest BCUT2D eigenvalue weighted by Crippen LogP contribution is 2.30. The van der Waals surface area contributed by atoms with Crippen molar-refractivity contribution in [3.63, 3.8) is 0 Å². The quantitative estimate of drug-likeness (QED) is 0.770. The van der Waals surface area contributed by atoms with Gasteiger partial charge in [0.25, 0.3) is 0 Å². The summed E-state index contributed by atoms with van der Waals surface area (Å²) < 4.78 is 15.4. The van der Waals surface area contributed by atoms with Crippen molar-refractivity contribution in [2.75, 3.05) is 20.8 Å². The van der Waals surface area contributed by atoms with Gasteiger partial charge in [-0.1, -0.05) is 0 Å². The summed E-state index contributed by atoms with van der Waals surface area (Å²) in [6.07, 6.45) is 0.291. The van der Waals surface area contributed by atoms with Gasteiger partial charge in [-0.15, -0.1) is 0 Å². The van der Waals surface area contributed by atoms with Crippen LogP contribution in [0.15, 0.2) is 18.2 Å². The Bertz CT molecular complexity index is 338. The maximum Gasteiger partial charge on any atom is 0.122 e. The van der Waals surface area contributed by atoms with Crippen molar-refractivity contribution in [1.82, 2.24) is 0 Å². The van der Waals surface area contributed by atoms with E-state index in [4.69, 9.17) is 14.2 Å². The van der Waals surface area contributed by atoms with Gasteiger partial charge in [0.2, 0.25) is 0 Å². The molecule has 1 aromatic rings. The van der Waals surface area contributed by atoms with Crippen LogP contribution in [0.5, 0.6) is 11.5 Å². The summed E-state index contributed by atoms with van der Waals surface area (Å²) in [5.41, 5.74) is 0.798. The monoisotopic (exact) mass is 224 g/mol. The molecule has 1 fully saturated rings. The number of benzene rings is 1. The predicted octanol–water partition coefficient (Wildman–Crippen LogP) is 1.53. The summed E-state index contributed by atoms with van der Waals surface area (Å²) in [5, 5.41) is 9.98. The lowest BCUT2D eigenvalue weighted by Crippen LogP contribution is -2.02. The molecule has 0 aliphatic carbocycles. The SMILES string of the molecule is COc1cc(OC)cc(C(O)CC2CO2)c1. The number of epoxide rings is 1. The van der Waals surface area contributed by atoms with E-state index < -0.39 is 6.10 Å². The third-order valence-corrected chi connectivity index (χ3v) is 2.65. The van der Waals surface area contributed by atoms with Crippen LogP contribution < -0.4 is 9.47 Å². The van der Waals surface area contributed by atoms with E-state index in [2.05, 4.69) is 0 Å². The van der Waals surface area contributed by atoms with Crippen molar-refractivity contribution in [1.29, 1.82) is 0 Å². The Morgan fingerprint density at radius 2 is 1.88 bits per heavy atom. The maximum absolute atomic E-state index is 9.98. The minimum absolute atomic E-state index is 0.201. The Balaban J connectivity index is 2.16. The average Bonchev–Trinajstić information content (AvgIpc) is 3.12. The highest BCUT2D eigenvalue weighted by molar-refractivity contribution is 5.39. The van der Waals surface area contributed by atoms with E-state index in [1.165, 1.54) is 0 Å². The largest absolute Gasteiger partial charge is 0.497 e. The number of rotatable bonds is 5. The van der Waals surface area contributed by atoms with Crippen LogP contribution in [0.1, 0.15) is 18.1 Å². The summed E-state index contributed by atoms with van der Waals surface area (Å²) in [7, 11) is 3.18. The fourth-order valence-corrected chi connectivity index (χ4v) is 1.61. The number of hydrogen-bond acceptors (Lipinski definition) is 4. The van der Waals surface area contributed by atoms with E-state index in [1.807, 2.05) is 12.1 Å². The Kier molecular flexibility index (Phi) is 3.31. The first-order valence-corrected chi connectivity index (χ1v) is 5.25. The molecule has 1 aliphatic rings. The lowest BCUT2D eigenvalue weighted by Gasteiger charge is -2.12. The molecule has 1 N–H and O–H groups in total. The lowest BCUT2D eigenvalue weighted by molar-refractivity contribution is 0.153. The third kappa shape index (κ3) is 2.65. The van der Waals surface area contributed by atoms with Crippen molar-refractivity contribution in [3.05, 3.63) is 23.8 Å². The molecule has 2 rings (SSSR count). The Morgan fingerprint density at radius 1 is 1.31 bits per heavy atom. The molecular weight excluding hydrogens is 208 g/mol. The molecule has 4 heteroatoms. The molecule has 0 radical (unpaired) electrons. The number of ether oxygens (including phenoxy) is 3. The van der Waals surface area contributed by atoms with Gasteiger partial charge in [-0.25, -0.2) is 0 Å². The van der Waals surface area contributed by atoms with Gasteiger partial charge in [0, 0.05) is 12.5 Å². The standard InChI is InChI=1S/C12H16O4/c1-14-9-3-8(4-10(5-9)15-2)12(13)6-11-7-16-11/h3-5,11-13H,6-7H2,1-2H3. The molecule has 1 aliphatic heterocycles. The van der Waals surface area contributed by atoms with Crippen molar-refractivity contribution in [3.8, 4) is 11.5 Å². The normalized spacial score (nSPS) is 20.3. The lowest BCUT2D eigenvalue weighted by atomic mass is 10.0. The topological polar surface area (TPSA) is 51.2 Å². The Hall–Kier alpha value is -1.26. The second-order valence-corrected chi connectivity index (χ2v) is 3.85. The summed E-state index contributed by atoms with van der Waals surface area (Å²) in [6, 6.07) is 5.41. The van der Waals surface area contributed by atoms with Crippen LogP contribution in [0.2, 0.25) is 0 Å². The smallest absolute Gasteiger partial charge is 0.122 e. The van der Waals surface area contributed by atoms with Crippen LogP contribution >= 0.6 is 0 Å². The van der Waals surface area contributed by atoms with Crippen molar-refractivity contribution in [2.45, 2.75) is 18.6 Å². The minimum atomic E-state index is -0.531. The molecule has 1 saturated heterocycles. The number of methoxy groups -OCH3 is 2. The average molecular weight is 224 g/mol.